The van der Waals surface area contributed by atoms with Crippen molar-refractivity contribution in [3.63, 3.8) is 0 Å². The molecule has 3 rings (SSSR count). The number of rotatable bonds is 6. The van der Waals surface area contributed by atoms with Crippen LogP contribution in [0.1, 0.15) is 17.2 Å². The molecule has 0 spiro atoms. The Kier molecular flexibility index (Phi) is 5.56. The molecule has 1 atom stereocenters. The van der Waals surface area contributed by atoms with Gasteiger partial charge in [-0.05, 0) is 29.8 Å². The number of hydrogen-bond acceptors (Lipinski definition) is 6. The van der Waals surface area contributed by atoms with Crippen LogP contribution in [-0.2, 0) is 16.1 Å². The SMILES string of the molecule is COc1ccc(CN2CC(c3ccc([N+](=O)[O-])cc3)OCC2=O)c(OC)c1. The van der Waals surface area contributed by atoms with Gasteiger partial charge in [0, 0.05) is 30.3 Å². The summed E-state index contributed by atoms with van der Waals surface area (Å²) in [6.45, 7) is 0.685. The van der Waals surface area contributed by atoms with Crippen LogP contribution in [0.15, 0.2) is 42.5 Å². The van der Waals surface area contributed by atoms with Crippen molar-refractivity contribution in [2.75, 3.05) is 27.4 Å². The molecule has 2 aromatic carbocycles. The lowest BCUT2D eigenvalue weighted by atomic mass is 10.1. The highest BCUT2D eigenvalue weighted by atomic mass is 16.6. The zero-order valence-electron chi connectivity index (χ0n) is 15.1. The summed E-state index contributed by atoms with van der Waals surface area (Å²) in [6.07, 6.45) is -0.340. The molecular formula is C19H20N2O6. The van der Waals surface area contributed by atoms with Crippen molar-refractivity contribution in [1.29, 1.82) is 0 Å². The van der Waals surface area contributed by atoms with Crippen molar-refractivity contribution in [2.45, 2.75) is 12.6 Å². The quantitative estimate of drug-likeness (QED) is 0.572. The molecule has 1 amide bonds. The van der Waals surface area contributed by atoms with Crippen LogP contribution in [-0.4, -0.2) is 43.1 Å². The molecule has 1 aliphatic rings. The van der Waals surface area contributed by atoms with Crippen molar-refractivity contribution in [3.05, 3.63) is 63.7 Å². The molecule has 8 nitrogen and oxygen atoms in total. The number of non-ortho nitro benzene ring substituents is 1. The normalized spacial score (nSPS) is 16.9. The fourth-order valence-electron chi connectivity index (χ4n) is 2.97. The summed E-state index contributed by atoms with van der Waals surface area (Å²) in [5, 5.41) is 10.8. The number of carbonyl (C=O) groups is 1. The van der Waals surface area contributed by atoms with Gasteiger partial charge in [-0.25, -0.2) is 0 Å². The summed E-state index contributed by atoms with van der Waals surface area (Å²) < 4.78 is 16.2. The molecule has 0 bridgehead atoms. The zero-order valence-corrected chi connectivity index (χ0v) is 15.1. The molecule has 0 aliphatic carbocycles. The van der Waals surface area contributed by atoms with Gasteiger partial charge in [0.25, 0.3) is 5.69 Å². The van der Waals surface area contributed by atoms with Crippen molar-refractivity contribution in [1.82, 2.24) is 4.90 Å². The molecule has 2 aromatic rings. The molecule has 1 aliphatic heterocycles. The van der Waals surface area contributed by atoms with E-state index in [0.29, 0.717) is 24.6 Å². The van der Waals surface area contributed by atoms with Gasteiger partial charge in [0.1, 0.15) is 24.2 Å². The van der Waals surface area contributed by atoms with Gasteiger partial charge in [-0.2, -0.15) is 0 Å². The van der Waals surface area contributed by atoms with Crippen LogP contribution in [0, 0.1) is 10.1 Å². The fourth-order valence-corrected chi connectivity index (χ4v) is 2.97. The Hall–Kier alpha value is -3.13. The van der Waals surface area contributed by atoms with Gasteiger partial charge in [0.2, 0.25) is 5.91 Å². The monoisotopic (exact) mass is 372 g/mol. The molecule has 1 heterocycles. The number of nitro groups is 1. The number of morpholine rings is 1. The van der Waals surface area contributed by atoms with Crippen LogP contribution in [0.4, 0.5) is 5.69 Å². The van der Waals surface area contributed by atoms with Gasteiger partial charge < -0.3 is 19.1 Å². The zero-order chi connectivity index (χ0) is 19.4. The van der Waals surface area contributed by atoms with E-state index in [1.54, 1.807) is 37.3 Å². The van der Waals surface area contributed by atoms with Gasteiger partial charge in [-0.15, -0.1) is 0 Å². The first-order chi connectivity index (χ1) is 13.0. The molecule has 0 saturated carbocycles. The minimum absolute atomic E-state index is 0.0189. The number of carbonyl (C=O) groups excluding carboxylic acids is 1. The summed E-state index contributed by atoms with van der Waals surface area (Å²) >= 11 is 0. The average Bonchev–Trinajstić information content (AvgIpc) is 2.70. The summed E-state index contributed by atoms with van der Waals surface area (Å²) in [5.74, 6) is 1.19. The first-order valence-corrected chi connectivity index (χ1v) is 8.36. The number of nitrogens with zero attached hydrogens (tertiary/aromatic N) is 2. The standard InChI is InChI=1S/C19H20N2O6/c1-25-16-8-5-14(17(9-16)26-2)10-20-11-18(27-12-19(20)22)13-3-6-15(7-4-13)21(23)24/h3-9,18H,10-12H2,1-2H3. The van der Waals surface area contributed by atoms with Crippen LogP contribution < -0.4 is 9.47 Å². The van der Waals surface area contributed by atoms with E-state index in [-0.39, 0.29) is 24.3 Å². The Labute approximate surface area is 156 Å². The molecular weight excluding hydrogens is 352 g/mol. The number of amides is 1. The van der Waals surface area contributed by atoms with Crippen LogP contribution in [0.3, 0.4) is 0 Å². The topological polar surface area (TPSA) is 91.1 Å². The van der Waals surface area contributed by atoms with Crippen molar-refractivity contribution in [3.8, 4) is 11.5 Å². The Morgan fingerprint density at radius 1 is 1.19 bits per heavy atom. The molecule has 8 heteroatoms. The van der Waals surface area contributed by atoms with E-state index in [2.05, 4.69) is 0 Å². The van der Waals surface area contributed by atoms with E-state index in [1.807, 2.05) is 12.1 Å². The summed E-state index contributed by atoms with van der Waals surface area (Å²) in [6, 6.07) is 11.6. The second-order valence-electron chi connectivity index (χ2n) is 6.10. The number of ether oxygens (including phenoxy) is 3. The van der Waals surface area contributed by atoms with Crippen LogP contribution >= 0.6 is 0 Å². The van der Waals surface area contributed by atoms with Gasteiger partial charge in [0.15, 0.2) is 0 Å². The highest BCUT2D eigenvalue weighted by Gasteiger charge is 2.28. The second-order valence-corrected chi connectivity index (χ2v) is 6.10. The summed E-state index contributed by atoms with van der Waals surface area (Å²) in [5.41, 5.74) is 1.67. The third-order valence-corrected chi connectivity index (χ3v) is 4.48. The van der Waals surface area contributed by atoms with Gasteiger partial charge in [0.05, 0.1) is 25.7 Å². The Morgan fingerprint density at radius 2 is 1.93 bits per heavy atom. The highest BCUT2D eigenvalue weighted by molar-refractivity contribution is 5.78. The average molecular weight is 372 g/mol. The second kappa shape index (κ2) is 8.05. The maximum absolute atomic E-state index is 12.3. The minimum atomic E-state index is -0.447. The van der Waals surface area contributed by atoms with E-state index in [0.717, 1.165) is 11.1 Å². The van der Waals surface area contributed by atoms with Crippen LogP contribution in [0.2, 0.25) is 0 Å². The van der Waals surface area contributed by atoms with Crippen molar-refractivity contribution >= 4 is 11.6 Å². The Morgan fingerprint density at radius 3 is 2.56 bits per heavy atom. The minimum Gasteiger partial charge on any atom is -0.497 e. The predicted octanol–water partition coefficient (Wildman–Crippen LogP) is 2.71. The van der Waals surface area contributed by atoms with Crippen LogP contribution in [0.25, 0.3) is 0 Å². The molecule has 1 fully saturated rings. The van der Waals surface area contributed by atoms with E-state index < -0.39 is 4.92 Å². The largest absolute Gasteiger partial charge is 0.497 e. The first kappa shape index (κ1) is 18.7. The van der Waals surface area contributed by atoms with E-state index >= 15 is 0 Å². The third-order valence-electron chi connectivity index (χ3n) is 4.48. The molecule has 142 valence electrons. The van der Waals surface area contributed by atoms with E-state index in [4.69, 9.17) is 14.2 Å². The highest BCUT2D eigenvalue weighted by Crippen LogP contribution is 2.29. The smallest absolute Gasteiger partial charge is 0.269 e. The summed E-state index contributed by atoms with van der Waals surface area (Å²) in [4.78, 5) is 24.3. The molecule has 0 radical (unpaired) electrons. The fraction of sp³-hybridized carbons (Fsp3) is 0.316. The number of benzene rings is 2. The molecule has 0 N–H and O–H groups in total. The molecule has 1 unspecified atom stereocenters. The number of nitro benzene ring substituents is 1. The maximum atomic E-state index is 12.3. The Balaban J connectivity index is 1.76. The molecule has 1 saturated heterocycles. The van der Waals surface area contributed by atoms with Crippen LogP contribution in [0.5, 0.6) is 11.5 Å². The summed E-state index contributed by atoms with van der Waals surface area (Å²) in [7, 11) is 3.15. The van der Waals surface area contributed by atoms with Gasteiger partial charge in [-0.3, -0.25) is 14.9 Å². The number of methoxy groups -OCH3 is 2. The first-order valence-electron chi connectivity index (χ1n) is 8.36. The third kappa shape index (κ3) is 4.17. The van der Waals surface area contributed by atoms with E-state index in [9.17, 15) is 14.9 Å². The molecule has 27 heavy (non-hydrogen) atoms. The van der Waals surface area contributed by atoms with Gasteiger partial charge >= 0.3 is 0 Å². The lowest BCUT2D eigenvalue weighted by molar-refractivity contribution is -0.384. The number of hydrogen-bond donors (Lipinski definition) is 0. The van der Waals surface area contributed by atoms with Gasteiger partial charge in [-0.1, -0.05) is 0 Å². The maximum Gasteiger partial charge on any atom is 0.269 e. The Bertz CT molecular complexity index is 837. The lowest BCUT2D eigenvalue weighted by Gasteiger charge is -2.33. The molecule has 0 aromatic heterocycles. The lowest BCUT2D eigenvalue weighted by Crippen LogP contribution is -2.42. The van der Waals surface area contributed by atoms with Crippen molar-refractivity contribution in [2.24, 2.45) is 0 Å². The predicted molar refractivity (Wildman–Crippen MR) is 96.8 cm³/mol. The van der Waals surface area contributed by atoms with E-state index in [1.165, 1.54) is 12.1 Å². The van der Waals surface area contributed by atoms with Crippen molar-refractivity contribution < 1.29 is 23.9 Å².